The van der Waals surface area contributed by atoms with Crippen LogP contribution < -0.4 is 0 Å². The van der Waals surface area contributed by atoms with Crippen LogP contribution in [0, 0.1) is 28.6 Å². The maximum Gasteiger partial charge on any atom is -0.00450 e. The van der Waals surface area contributed by atoms with Gasteiger partial charge in [-0.15, -0.1) is 0 Å². The van der Waals surface area contributed by atoms with Gasteiger partial charge in [0.25, 0.3) is 0 Å². The minimum atomic E-state index is 0.579. The monoisotopic (exact) mass is 400 g/mol. The van der Waals surface area contributed by atoms with E-state index in [4.69, 9.17) is 0 Å². The molecule has 2 rings (SSSR count). The van der Waals surface area contributed by atoms with E-state index >= 15 is 0 Å². The molecule has 19 heavy (non-hydrogen) atoms. The van der Waals surface area contributed by atoms with E-state index in [0.29, 0.717) is 10.8 Å². The van der Waals surface area contributed by atoms with Crippen LogP contribution in [0.25, 0.3) is 0 Å². The van der Waals surface area contributed by atoms with Gasteiger partial charge in [0.05, 0.1) is 0 Å². The van der Waals surface area contributed by atoms with Crippen LogP contribution in [0.3, 0.4) is 0 Å². The third kappa shape index (κ3) is 4.79. The first-order valence-corrected chi connectivity index (χ1v) is 11.7. The fourth-order valence-corrected chi connectivity index (χ4v) is 3.85. The number of halogens is 1. The van der Waals surface area contributed by atoms with Gasteiger partial charge in [0.2, 0.25) is 0 Å². The van der Waals surface area contributed by atoms with Gasteiger partial charge in [0.1, 0.15) is 0 Å². The first-order valence-electron chi connectivity index (χ1n) is 7.93. The molecule has 2 heteroatoms. The van der Waals surface area contributed by atoms with Crippen LogP contribution in [-0.2, 0) is 0 Å². The van der Waals surface area contributed by atoms with Gasteiger partial charge in [-0.1, -0.05) is 71.2 Å². The normalized spacial score (nSPS) is 32.1. The second-order valence-electron chi connectivity index (χ2n) is 6.35. The van der Waals surface area contributed by atoms with E-state index in [-0.39, 0.29) is 0 Å². The summed E-state index contributed by atoms with van der Waals surface area (Å²) < 4.78 is 0. The predicted octanol–water partition coefficient (Wildman–Crippen LogP) is 7.47. The second-order valence-corrected chi connectivity index (χ2v) is 9.30. The highest BCUT2D eigenvalue weighted by molar-refractivity contribution is 14.2. The van der Waals surface area contributed by atoms with Crippen molar-refractivity contribution in [2.24, 2.45) is 28.6 Å². The molecule has 3 unspecified atom stereocenters. The molecule has 0 aromatic carbocycles. The highest BCUT2D eigenvalue weighted by Crippen LogP contribution is 2.67. The number of hydrogen-bond acceptors (Lipinski definition) is 1. The smallest absolute Gasteiger partial charge is 0.00450 e. The molecule has 2 aliphatic carbocycles. The third-order valence-electron chi connectivity index (χ3n) is 5.49. The van der Waals surface area contributed by atoms with Crippen LogP contribution in [0.1, 0.15) is 75.2 Å². The lowest BCUT2D eigenvalue weighted by atomic mass is 9.57. The van der Waals surface area contributed by atoms with Crippen molar-refractivity contribution >= 4 is 30.1 Å². The Labute approximate surface area is 139 Å². The zero-order chi connectivity index (χ0) is 15.9. The van der Waals surface area contributed by atoms with Gasteiger partial charge in [-0.05, 0) is 68.9 Å². The van der Waals surface area contributed by atoms with Crippen molar-refractivity contribution in [3.63, 3.8) is 0 Å². The molecule has 0 amide bonds. The van der Waals surface area contributed by atoms with E-state index in [0.717, 1.165) is 17.8 Å². The molecule has 0 heterocycles. The summed E-state index contributed by atoms with van der Waals surface area (Å²) in [5.41, 5.74) is 1.17. The lowest BCUT2D eigenvalue weighted by Crippen LogP contribution is -2.40. The zero-order valence-electron chi connectivity index (χ0n) is 14.9. The van der Waals surface area contributed by atoms with E-state index in [9.17, 15) is 0 Å². The summed E-state index contributed by atoms with van der Waals surface area (Å²) in [7, 11) is 1.72. The van der Waals surface area contributed by atoms with E-state index in [2.05, 4.69) is 55.8 Å². The maximum atomic E-state index is 2.48. The number of hydrogen-bond donors (Lipinski definition) is 0. The molecule has 2 bridgehead atoms. The molecule has 0 aromatic heterocycles. The molecule has 3 atom stereocenters. The summed E-state index contributed by atoms with van der Waals surface area (Å²) in [6.07, 6.45) is 5.02. The van der Waals surface area contributed by atoms with Crippen LogP contribution in [0.2, 0.25) is 0 Å². The van der Waals surface area contributed by atoms with Crippen LogP contribution >= 0.6 is 30.1 Å². The Bertz CT molecular complexity index is 223. The van der Waals surface area contributed by atoms with Crippen molar-refractivity contribution in [3.8, 4) is 0 Å². The molecule has 0 spiro atoms. The van der Waals surface area contributed by atoms with Crippen molar-refractivity contribution in [3.05, 3.63) is 0 Å². The topological polar surface area (TPSA) is 0 Å². The average Bonchev–Trinajstić information content (AvgIpc) is 2.84. The Kier molecular flexibility index (Phi) is 11.7. The molecule has 2 aliphatic rings. The maximum absolute atomic E-state index is 2.48. The molecule has 2 saturated carbocycles. The number of fused-ring (bicyclic) bond motifs is 2. The largest absolute Gasteiger partial charge is 0.0928 e. The Balaban J connectivity index is 0. The molecular weight excluding hydrogens is 363 g/mol. The SMILES string of the molecule is CC.CC.CC1CC2CC1C(C)(C)C2(C)C.CSI. The molecule has 0 N–H and O–H groups in total. The second kappa shape index (κ2) is 9.92. The average molecular weight is 400 g/mol. The van der Waals surface area contributed by atoms with Crippen molar-refractivity contribution < 1.29 is 0 Å². The van der Waals surface area contributed by atoms with Crippen molar-refractivity contribution in [2.45, 2.75) is 75.2 Å². The summed E-state index contributed by atoms with van der Waals surface area (Å²) in [4.78, 5) is 0. The summed E-state index contributed by atoms with van der Waals surface area (Å²) in [6, 6.07) is 0. The van der Waals surface area contributed by atoms with Crippen molar-refractivity contribution in [2.75, 3.05) is 6.26 Å². The quantitative estimate of drug-likeness (QED) is 0.380. The van der Waals surface area contributed by atoms with E-state index in [1.165, 1.54) is 12.8 Å². The number of rotatable bonds is 0. The van der Waals surface area contributed by atoms with Crippen molar-refractivity contribution in [1.29, 1.82) is 0 Å². The summed E-state index contributed by atoms with van der Waals surface area (Å²) >= 11 is 2.20. The van der Waals surface area contributed by atoms with Crippen LogP contribution in [0.5, 0.6) is 0 Å². The van der Waals surface area contributed by atoms with E-state index in [1.807, 2.05) is 34.0 Å². The first kappa shape index (κ1) is 22.4. The first-order chi connectivity index (χ1) is 8.79. The molecule has 0 aliphatic heterocycles. The Hall–Kier alpha value is 1.08. The molecule has 2 fully saturated rings. The Morgan fingerprint density at radius 3 is 1.47 bits per heavy atom. The van der Waals surface area contributed by atoms with Crippen LogP contribution in [0.15, 0.2) is 0 Å². The predicted molar refractivity (Wildman–Crippen MR) is 103 cm³/mol. The van der Waals surface area contributed by atoms with Crippen LogP contribution in [0.4, 0.5) is 0 Å². The van der Waals surface area contributed by atoms with E-state index in [1.54, 1.807) is 8.93 Å². The minimum Gasteiger partial charge on any atom is -0.0928 e. The van der Waals surface area contributed by atoms with Gasteiger partial charge >= 0.3 is 0 Å². The molecule has 0 nitrogen and oxygen atoms in total. The molecule has 118 valence electrons. The van der Waals surface area contributed by atoms with Gasteiger partial charge in [0.15, 0.2) is 0 Å². The molecular formula is C17H37IS. The molecule has 0 aromatic rings. The fourth-order valence-electron chi connectivity index (χ4n) is 3.85. The lowest BCUT2D eigenvalue weighted by Gasteiger charge is -2.47. The standard InChI is InChI=1S/C12H22.2C2H6.CH3IS/c1-8-6-9-7-10(8)12(4,5)11(9,2)3;2*1-2;1-3-2/h8-10H,6-7H2,1-5H3;2*1-2H3;1H3. The molecule has 0 radical (unpaired) electrons. The zero-order valence-corrected chi connectivity index (χ0v) is 17.9. The van der Waals surface area contributed by atoms with Crippen molar-refractivity contribution in [1.82, 2.24) is 0 Å². The van der Waals surface area contributed by atoms with Gasteiger partial charge in [0, 0.05) is 0 Å². The third-order valence-corrected chi connectivity index (χ3v) is 5.49. The lowest BCUT2D eigenvalue weighted by molar-refractivity contribution is 0.0119. The van der Waals surface area contributed by atoms with Crippen LogP contribution in [-0.4, -0.2) is 6.26 Å². The fraction of sp³-hybridized carbons (Fsp3) is 1.00. The van der Waals surface area contributed by atoms with Gasteiger partial charge < -0.3 is 0 Å². The van der Waals surface area contributed by atoms with E-state index < -0.39 is 0 Å². The van der Waals surface area contributed by atoms with Gasteiger partial charge in [-0.3, -0.25) is 0 Å². The Morgan fingerprint density at radius 1 is 0.895 bits per heavy atom. The summed E-state index contributed by atoms with van der Waals surface area (Å²) in [5, 5.41) is 0. The summed E-state index contributed by atoms with van der Waals surface area (Å²) in [5.74, 6) is 2.99. The highest BCUT2D eigenvalue weighted by atomic mass is 127. The summed E-state index contributed by atoms with van der Waals surface area (Å²) in [6.45, 7) is 20.4. The Morgan fingerprint density at radius 2 is 1.26 bits per heavy atom. The molecule has 0 saturated heterocycles. The highest BCUT2D eigenvalue weighted by Gasteiger charge is 2.59. The van der Waals surface area contributed by atoms with Gasteiger partial charge in [-0.25, -0.2) is 0 Å². The minimum absolute atomic E-state index is 0.579. The van der Waals surface area contributed by atoms with Gasteiger partial charge in [-0.2, -0.15) is 0 Å².